The SMILES string of the molecule is CC(C)CC(=NCC1NC(=O)C(NC(=O)OCC2c3ccccc3-c3ccccc32)CCC(=O)NCC(C(=O)NCC(=O)O)NC(=O)C(CNC(=O)OCC(C)c2ccccc2[N+](=O)[O-])NC1=O)C1=C(O)CC(C)(C)CC1=O. The van der Waals surface area contributed by atoms with Crippen molar-refractivity contribution in [3.63, 3.8) is 0 Å². The number of para-hydroxylation sites is 1. The lowest BCUT2D eigenvalue weighted by Gasteiger charge is -2.30. The smallest absolute Gasteiger partial charge is 0.407 e. The zero-order valence-electron chi connectivity index (χ0n) is 43.8. The summed E-state index contributed by atoms with van der Waals surface area (Å²) in [4.78, 5) is 138. The van der Waals surface area contributed by atoms with Crippen LogP contribution in [0.5, 0.6) is 0 Å². The molecular formula is C54H65N9O15. The van der Waals surface area contributed by atoms with Crippen LogP contribution in [-0.2, 0) is 43.0 Å². The number of aliphatic carboxylic acids is 1. The number of hydrogen-bond acceptors (Lipinski definition) is 15. The maximum Gasteiger partial charge on any atom is 0.407 e. The predicted octanol–water partition coefficient (Wildman–Crippen LogP) is 3.59. The van der Waals surface area contributed by atoms with E-state index in [1.54, 1.807) is 13.0 Å². The molecule has 2 aliphatic carbocycles. The number of nitro benzene ring substituents is 1. The van der Waals surface area contributed by atoms with Gasteiger partial charge in [-0.1, -0.05) is 101 Å². The van der Waals surface area contributed by atoms with Gasteiger partial charge in [-0.2, -0.15) is 0 Å². The van der Waals surface area contributed by atoms with Crippen molar-refractivity contribution in [1.82, 2.24) is 37.2 Å². The molecule has 0 saturated carbocycles. The molecule has 5 atom stereocenters. The lowest BCUT2D eigenvalue weighted by molar-refractivity contribution is -0.385. The van der Waals surface area contributed by atoms with E-state index < -0.39 is 133 Å². The number of alkyl carbamates (subject to hydrolysis) is 2. The van der Waals surface area contributed by atoms with Gasteiger partial charge in [0.1, 0.15) is 49.7 Å². The number of aliphatic imine (C=N–C) groups is 1. The van der Waals surface area contributed by atoms with Crippen molar-refractivity contribution < 1.29 is 67.8 Å². The van der Waals surface area contributed by atoms with Gasteiger partial charge in [-0.25, -0.2) is 9.59 Å². The molecule has 0 aromatic heterocycles. The number of nitro groups is 1. The Balaban J connectivity index is 1.32. The minimum absolute atomic E-state index is 0.0453. The summed E-state index contributed by atoms with van der Waals surface area (Å²) >= 11 is 0. The van der Waals surface area contributed by atoms with Crippen LogP contribution in [0, 0.1) is 21.4 Å². The van der Waals surface area contributed by atoms with Crippen LogP contribution in [0.2, 0.25) is 0 Å². The van der Waals surface area contributed by atoms with Crippen LogP contribution in [-0.4, -0.2) is 138 Å². The number of Topliss-reactive ketones (excluding diaryl/α,β-unsaturated/α-hetero) is 1. The molecule has 24 nitrogen and oxygen atoms in total. The number of aliphatic hydroxyl groups is 1. The van der Waals surface area contributed by atoms with E-state index >= 15 is 0 Å². The highest BCUT2D eigenvalue weighted by atomic mass is 16.6. The zero-order valence-corrected chi connectivity index (χ0v) is 43.8. The maximum absolute atomic E-state index is 14.7. The number of benzene rings is 3. The highest BCUT2D eigenvalue weighted by Crippen LogP contribution is 2.44. The largest absolute Gasteiger partial charge is 0.511 e. The van der Waals surface area contributed by atoms with Crippen LogP contribution in [0.1, 0.15) is 95.2 Å². The fraction of sp³-hybridized carbons (Fsp3) is 0.444. The molecule has 1 aliphatic heterocycles. The van der Waals surface area contributed by atoms with Crippen molar-refractivity contribution in [3.8, 4) is 11.1 Å². The van der Waals surface area contributed by atoms with Crippen molar-refractivity contribution >= 4 is 64.9 Å². The van der Waals surface area contributed by atoms with Crippen LogP contribution in [0.3, 0.4) is 0 Å². The number of nitrogens with zero attached hydrogens (tertiary/aromatic N) is 2. The maximum atomic E-state index is 14.7. The second-order valence-corrected chi connectivity index (χ2v) is 20.5. The molecule has 1 saturated heterocycles. The zero-order chi connectivity index (χ0) is 56.8. The highest BCUT2D eigenvalue weighted by molar-refractivity contribution is 6.23. The van der Waals surface area contributed by atoms with Gasteiger partial charge in [-0.15, -0.1) is 0 Å². The summed E-state index contributed by atoms with van der Waals surface area (Å²) in [5, 5.41) is 49.0. The van der Waals surface area contributed by atoms with Crippen LogP contribution in [0.15, 0.2) is 89.1 Å². The molecule has 1 fully saturated rings. The van der Waals surface area contributed by atoms with Gasteiger partial charge in [0.05, 0.1) is 23.6 Å². The van der Waals surface area contributed by atoms with Gasteiger partial charge in [0.2, 0.25) is 29.5 Å². The lowest BCUT2D eigenvalue weighted by atomic mass is 9.75. The van der Waals surface area contributed by atoms with E-state index in [0.29, 0.717) is 0 Å². The third-order valence-corrected chi connectivity index (χ3v) is 13.2. The molecule has 6 rings (SSSR count). The number of carbonyl (C=O) groups is 9. The monoisotopic (exact) mass is 1080 g/mol. The van der Waals surface area contributed by atoms with Gasteiger partial charge in [-0.3, -0.25) is 48.7 Å². The number of ether oxygens (including phenoxy) is 2. The summed E-state index contributed by atoms with van der Waals surface area (Å²) in [6.45, 7) is 5.37. The number of rotatable bonds is 17. The van der Waals surface area contributed by atoms with E-state index in [2.05, 4.69) is 42.2 Å². The van der Waals surface area contributed by atoms with Gasteiger partial charge in [0.15, 0.2) is 5.78 Å². The topological polar surface area (TPSA) is 352 Å². The Morgan fingerprint density at radius 1 is 0.821 bits per heavy atom. The molecule has 24 heteroatoms. The third-order valence-electron chi connectivity index (χ3n) is 13.2. The van der Waals surface area contributed by atoms with Gasteiger partial charge >= 0.3 is 18.2 Å². The first kappa shape index (κ1) is 58.6. The Labute approximate surface area is 449 Å². The number of amides is 7. The van der Waals surface area contributed by atoms with E-state index in [4.69, 9.17) is 9.47 Å². The van der Waals surface area contributed by atoms with Crippen LogP contribution < -0.4 is 37.2 Å². The number of allylic oxidation sites excluding steroid dienone is 2. The number of carbonyl (C=O) groups excluding carboxylic acids is 8. The molecule has 0 spiro atoms. The molecule has 0 radical (unpaired) electrons. The Morgan fingerprint density at radius 3 is 2.09 bits per heavy atom. The molecule has 416 valence electrons. The fourth-order valence-corrected chi connectivity index (χ4v) is 9.39. The Kier molecular flexibility index (Phi) is 19.8. The summed E-state index contributed by atoms with van der Waals surface area (Å²) in [6.07, 6.45) is -2.80. The van der Waals surface area contributed by atoms with Crippen molar-refractivity contribution in [3.05, 3.63) is 111 Å². The minimum atomic E-state index is -1.84. The van der Waals surface area contributed by atoms with Crippen molar-refractivity contribution in [2.75, 3.05) is 39.4 Å². The van der Waals surface area contributed by atoms with Gasteiger partial charge in [-0.05, 0) is 46.4 Å². The van der Waals surface area contributed by atoms with Crippen LogP contribution >= 0.6 is 0 Å². The lowest BCUT2D eigenvalue weighted by Crippen LogP contribution is -2.62. The molecule has 3 aliphatic rings. The van der Waals surface area contributed by atoms with E-state index in [1.807, 2.05) is 76.2 Å². The minimum Gasteiger partial charge on any atom is -0.511 e. The molecule has 9 N–H and O–H groups in total. The number of carboxylic acid groups (broad SMARTS) is 1. The Hall–Kier alpha value is -8.70. The quantitative estimate of drug-likeness (QED) is 0.0530. The molecule has 7 amide bonds. The molecule has 78 heavy (non-hydrogen) atoms. The van der Waals surface area contributed by atoms with Crippen LogP contribution in [0.4, 0.5) is 15.3 Å². The molecule has 3 aromatic carbocycles. The number of ketones is 1. The molecule has 5 unspecified atom stereocenters. The summed E-state index contributed by atoms with van der Waals surface area (Å²) < 4.78 is 11.1. The van der Waals surface area contributed by atoms with E-state index in [9.17, 15) is 63.5 Å². The second kappa shape index (κ2) is 26.4. The predicted molar refractivity (Wildman–Crippen MR) is 281 cm³/mol. The Bertz CT molecular complexity index is 2840. The second-order valence-electron chi connectivity index (χ2n) is 20.5. The first-order chi connectivity index (χ1) is 37.0. The van der Waals surface area contributed by atoms with Crippen molar-refractivity contribution in [2.45, 2.75) is 103 Å². The third kappa shape index (κ3) is 15.7. The first-order valence-electron chi connectivity index (χ1n) is 25.4. The number of carboxylic acids is 1. The van der Waals surface area contributed by atoms with E-state index in [0.717, 1.165) is 22.3 Å². The number of hydrogen-bond donors (Lipinski definition) is 9. The summed E-state index contributed by atoms with van der Waals surface area (Å²) in [7, 11) is 0. The van der Waals surface area contributed by atoms with Crippen LogP contribution in [0.25, 0.3) is 11.1 Å². The average Bonchev–Trinajstić information content (AvgIpc) is 3.70. The average molecular weight is 1080 g/mol. The molecule has 0 bridgehead atoms. The molecular weight excluding hydrogens is 1010 g/mol. The summed E-state index contributed by atoms with van der Waals surface area (Å²) in [5.74, 6) is -8.46. The Morgan fingerprint density at radius 2 is 1.45 bits per heavy atom. The van der Waals surface area contributed by atoms with Gasteiger partial charge in [0, 0.05) is 55.0 Å². The number of aliphatic hydroxyl groups excluding tert-OH is 1. The van der Waals surface area contributed by atoms with E-state index in [1.165, 1.54) is 18.2 Å². The standard InChI is InChI=1S/C54H65N9O15/c1-29(2)20-38(47-43(64)21-54(4,5)22-44(47)65)55-23-40-50(71)61-41(25-58-52(73)77-27-30(3)31-12-10-11-17-42(31)63(75)76)51(72)59-39(48(69)57-26-46(67)68)24-56-45(66)19-18-37(49(70)60-40)62-53(74)78-28-36-34-15-8-6-13-32(34)33-14-7-9-16-35(33)36/h6-17,29-30,36-37,39-41,64H,18-28H2,1-5H3,(H,56,66)(H,57,69)(H,58,73)(H,59,72)(H,60,70)(H,61,71)(H,62,74)(H,67,68). The van der Waals surface area contributed by atoms with Crippen molar-refractivity contribution in [1.29, 1.82) is 0 Å². The first-order valence-corrected chi connectivity index (χ1v) is 25.4. The fourth-order valence-electron chi connectivity index (χ4n) is 9.39. The van der Waals surface area contributed by atoms with Gasteiger partial charge in [0.25, 0.3) is 5.69 Å². The molecule has 3 aromatic rings. The number of fused-ring (bicyclic) bond motifs is 3. The van der Waals surface area contributed by atoms with E-state index in [-0.39, 0.29) is 72.6 Å². The molecule has 1 heterocycles. The van der Waals surface area contributed by atoms with Gasteiger partial charge < -0.3 is 56.9 Å². The number of nitrogens with one attached hydrogen (secondary N) is 7. The normalized spacial score (nSPS) is 20.5. The van der Waals surface area contributed by atoms with Crippen molar-refractivity contribution in [2.24, 2.45) is 16.3 Å². The summed E-state index contributed by atoms with van der Waals surface area (Å²) in [6, 6.07) is 14.1. The highest BCUT2D eigenvalue weighted by Gasteiger charge is 2.38. The summed E-state index contributed by atoms with van der Waals surface area (Å²) in [5.41, 5.74) is 3.27.